The molecule has 3 aromatic carbocycles. The molecule has 0 bridgehead atoms. The summed E-state index contributed by atoms with van der Waals surface area (Å²) in [5, 5.41) is 2.97. The molecule has 0 atom stereocenters. The smallest absolute Gasteiger partial charge is 0.208 e. The Morgan fingerprint density at radius 3 is 2.40 bits per heavy atom. The predicted molar refractivity (Wildman–Crippen MR) is 101 cm³/mol. The Balaban J connectivity index is 2.08. The number of sulfone groups is 1. The molecular weight excluding hydrogens is 354 g/mol. The van der Waals surface area contributed by atoms with Gasteiger partial charge in [-0.3, -0.25) is 4.98 Å². The second-order valence-corrected chi connectivity index (χ2v) is 8.32. The van der Waals surface area contributed by atoms with E-state index in [0.717, 1.165) is 21.7 Å². The van der Waals surface area contributed by atoms with E-state index in [9.17, 15) is 8.42 Å². The third-order valence-corrected chi connectivity index (χ3v) is 6.25. The largest absolute Gasteiger partial charge is 0.254 e. The molecule has 4 rings (SSSR count). The second kappa shape index (κ2) is 5.83. The number of benzene rings is 3. The van der Waals surface area contributed by atoms with E-state index >= 15 is 0 Å². The minimum atomic E-state index is -3.72. The Bertz CT molecular complexity index is 1220. The van der Waals surface area contributed by atoms with Gasteiger partial charge in [0.25, 0.3) is 0 Å². The zero-order valence-electron chi connectivity index (χ0n) is 13.4. The van der Waals surface area contributed by atoms with Crippen molar-refractivity contribution in [3.8, 4) is 0 Å². The highest BCUT2D eigenvalue weighted by Crippen LogP contribution is 2.33. The van der Waals surface area contributed by atoms with Crippen LogP contribution < -0.4 is 0 Å². The van der Waals surface area contributed by atoms with Crippen LogP contribution in [-0.2, 0) is 9.84 Å². The van der Waals surface area contributed by atoms with Crippen LogP contribution in [0.1, 0.15) is 5.56 Å². The average Bonchev–Trinajstić information content (AvgIpc) is 2.61. The number of aryl methyl sites for hydroxylation is 1. The summed E-state index contributed by atoms with van der Waals surface area (Å²) in [6, 6.07) is 17.7. The van der Waals surface area contributed by atoms with Crippen LogP contribution in [0.2, 0.25) is 5.02 Å². The van der Waals surface area contributed by atoms with Crippen LogP contribution in [0, 0.1) is 6.92 Å². The summed E-state index contributed by atoms with van der Waals surface area (Å²) in [5.74, 6) is 0. The zero-order valence-corrected chi connectivity index (χ0v) is 15.0. The molecule has 0 spiro atoms. The van der Waals surface area contributed by atoms with E-state index in [1.807, 2.05) is 31.2 Å². The SMILES string of the molecule is Cc1ccc(S(=O)(=O)c2cc(Cl)cc3c2ncc2ccccc23)cc1. The molecule has 4 aromatic rings. The van der Waals surface area contributed by atoms with Crippen molar-refractivity contribution in [3.05, 3.63) is 77.4 Å². The maximum absolute atomic E-state index is 13.1. The molecule has 0 saturated carbocycles. The molecule has 0 aliphatic rings. The fraction of sp³-hybridized carbons (Fsp3) is 0.0500. The van der Waals surface area contributed by atoms with E-state index in [1.165, 1.54) is 6.07 Å². The van der Waals surface area contributed by atoms with E-state index in [0.29, 0.717) is 10.5 Å². The standard InChI is InChI=1S/C20H14ClNO2S/c1-13-6-8-16(9-7-13)25(23,24)19-11-15(21)10-18-17-5-3-2-4-14(17)12-22-20(18)19/h2-12H,1H3. The Morgan fingerprint density at radius 1 is 0.920 bits per heavy atom. The van der Waals surface area contributed by atoms with Crippen molar-refractivity contribution in [2.24, 2.45) is 0 Å². The molecule has 0 radical (unpaired) electrons. The van der Waals surface area contributed by atoms with E-state index in [4.69, 9.17) is 11.6 Å². The summed E-state index contributed by atoms with van der Waals surface area (Å²) in [6.45, 7) is 1.92. The molecule has 0 N–H and O–H groups in total. The van der Waals surface area contributed by atoms with Crippen LogP contribution in [-0.4, -0.2) is 13.4 Å². The van der Waals surface area contributed by atoms with Gasteiger partial charge >= 0.3 is 0 Å². The first-order valence-corrected chi connectivity index (χ1v) is 9.62. The highest BCUT2D eigenvalue weighted by Gasteiger charge is 2.22. The highest BCUT2D eigenvalue weighted by molar-refractivity contribution is 7.91. The van der Waals surface area contributed by atoms with E-state index < -0.39 is 9.84 Å². The summed E-state index contributed by atoms with van der Waals surface area (Å²) in [6.07, 6.45) is 1.69. The fourth-order valence-electron chi connectivity index (χ4n) is 2.95. The van der Waals surface area contributed by atoms with Gasteiger partial charge in [-0.2, -0.15) is 0 Å². The van der Waals surface area contributed by atoms with Crippen LogP contribution in [0.5, 0.6) is 0 Å². The number of hydrogen-bond donors (Lipinski definition) is 0. The lowest BCUT2D eigenvalue weighted by molar-refractivity contribution is 0.597. The van der Waals surface area contributed by atoms with Crippen molar-refractivity contribution in [2.75, 3.05) is 0 Å². The molecule has 0 aliphatic carbocycles. The fourth-order valence-corrected chi connectivity index (χ4v) is 4.68. The maximum Gasteiger partial charge on any atom is 0.208 e. The topological polar surface area (TPSA) is 47.0 Å². The molecule has 0 amide bonds. The highest BCUT2D eigenvalue weighted by atomic mass is 35.5. The Kier molecular flexibility index (Phi) is 3.74. The van der Waals surface area contributed by atoms with Gasteiger partial charge in [0, 0.05) is 22.0 Å². The molecule has 0 saturated heterocycles. The lowest BCUT2D eigenvalue weighted by Gasteiger charge is -2.11. The van der Waals surface area contributed by atoms with Gasteiger partial charge in [0.15, 0.2) is 0 Å². The summed E-state index contributed by atoms with van der Waals surface area (Å²) < 4.78 is 26.3. The Morgan fingerprint density at radius 2 is 1.64 bits per heavy atom. The second-order valence-electron chi connectivity index (χ2n) is 5.96. The molecule has 3 nitrogen and oxygen atoms in total. The van der Waals surface area contributed by atoms with Crippen molar-refractivity contribution >= 4 is 43.1 Å². The molecule has 0 unspecified atom stereocenters. The van der Waals surface area contributed by atoms with Crippen LogP contribution in [0.4, 0.5) is 0 Å². The number of rotatable bonds is 2. The lowest BCUT2D eigenvalue weighted by Crippen LogP contribution is -2.04. The minimum Gasteiger partial charge on any atom is -0.254 e. The van der Waals surface area contributed by atoms with Crippen LogP contribution in [0.15, 0.2) is 76.7 Å². The molecule has 1 aromatic heterocycles. The van der Waals surface area contributed by atoms with Crippen LogP contribution >= 0.6 is 11.6 Å². The van der Waals surface area contributed by atoms with Gasteiger partial charge in [0.05, 0.1) is 15.3 Å². The first-order valence-electron chi connectivity index (χ1n) is 7.75. The normalized spacial score (nSPS) is 11.9. The Labute approximate surface area is 150 Å². The number of nitrogens with zero attached hydrogens (tertiary/aromatic N) is 1. The summed E-state index contributed by atoms with van der Waals surface area (Å²) >= 11 is 6.25. The number of aromatic nitrogens is 1. The quantitative estimate of drug-likeness (QED) is 0.458. The third-order valence-electron chi connectivity index (χ3n) is 4.24. The Hall–Kier alpha value is -2.43. The predicted octanol–water partition coefficient (Wildman–Crippen LogP) is 5.18. The summed E-state index contributed by atoms with van der Waals surface area (Å²) in [5.41, 5.74) is 1.43. The van der Waals surface area contributed by atoms with Crippen molar-refractivity contribution in [1.82, 2.24) is 4.98 Å². The van der Waals surface area contributed by atoms with Gasteiger partial charge in [-0.05, 0) is 36.6 Å². The molecule has 0 aliphatic heterocycles. The van der Waals surface area contributed by atoms with E-state index in [1.54, 1.807) is 36.5 Å². The van der Waals surface area contributed by atoms with Gasteiger partial charge in [0.2, 0.25) is 9.84 Å². The number of hydrogen-bond acceptors (Lipinski definition) is 3. The van der Waals surface area contributed by atoms with Crippen LogP contribution in [0.3, 0.4) is 0 Å². The first kappa shape index (κ1) is 16.1. The zero-order chi connectivity index (χ0) is 17.6. The van der Waals surface area contributed by atoms with Gasteiger partial charge in [-0.1, -0.05) is 53.6 Å². The molecule has 0 fully saturated rings. The van der Waals surface area contributed by atoms with Gasteiger partial charge in [0.1, 0.15) is 0 Å². The average molecular weight is 368 g/mol. The van der Waals surface area contributed by atoms with Gasteiger partial charge in [-0.25, -0.2) is 8.42 Å². The van der Waals surface area contributed by atoms with Crippen molar-refractivity contribution in [3.63, 3.8) is 0 Å². The van der Waals surface area contributed by atoms with Crippen molar-refractivity contribution in [1.29, 1.82) is 0 Å². The summed E-state index contributed by atoms with van der Waals surface area (Å²) in [7, 11) is -3.72. The minimum absolute atomic E-state index is 0.129. The van der Waals surface area contributed by atoms with E-state index in [2.05, 4.69) is 4.98 Å². The molecule has 5 heteroatoms. The number of pyridine rings is 1. The van der Waals surface area contributed by atoms with Gasteiger partial charge in [-0.15, -0.1) is 0 Å². The molecular formula is C20H14ClNO2S. The molecule has 124 valence electrons. The lowest BCUT2D eigenvalue weighted by atomic mass is 10.1. The number of fused-ring (bicyclic) bond motifs is 3. The monoisotopic (exact) mass is 367 g/mol. The summed E-state index contributed by atoms with van der Waals surface area (Å²) in [4.78, 5) is 4.78. The maximum atomic E-state index is 13.1. The molecule has 1 heterocycles. The number of halogens is 1. The molecule has 25 heavy (non-hydrogen) atoms. The van der Waals surface area contributed by atoms with E-state index in [-0.39, 0.29) is 9.79 Å². The van der Waals surface area contributed by atoms with Gasteiger partial charge < -0.3 is 0 Å². The van der Waals surface area contributed by atoms with Crippen LogP contribution in [0.25, 0.3) is 21.7 Å². The van der Waals surface area contributed by atoms with Crippen molar-refractivity contribution < 1.29 is 8.42 Å². The third kappa shape index (κ3) is 2.68. The van der Waals surface area contributed by atoms with Crippen molar-refractivity contribution in [2.45, 2.75) is 16.7 Å². The first-order chi connectivity index (χ1) is 12.0.